The predicted octanol–water partition coefficient (Wildman–Crippen LogP) is 1.51. The van der Waals surface area contributed by atoms with Gasteiger partial charge in [0.25, 0.3) is 0 Å². The van der Waals surface area contributed by atoms with Gasteiger partial charge in [-0.05, 0) is 51.6 Å². The Labute approximate surface area is 168 Å². The molecule has 1 aromatic carbocycles. The number of aryl methyl sites for hydroxylation is 1. The van der Waals surface area contributed by atoms with Crippen molar-refractivity contribution < 1.29 is 4.39 Å². The second-order valence-corrected chi connectivity index (χ2v) is 8.23. The number of halogens is 1. The summed E-state index contributed by atoms with van der Waals surface area (Å²) in [5, 5.41) is 7.04. The molecule has 28 heavy (non-hydrogen) atoms. The molecule has 3 rings (SSSR count). The van der Waals surface area contributed by atoms with Crippen molar-refractivity contribution in [3.63, 3.8) is 0 Å². The molecule has 2 N–H and O–H groups in total. The van der Waals surface area contributed by atoms with E-state index in [1.807, 2.05) is 26.1 Å². The summed E-state index contributed by atoms with van der Waals surface area (Å²) in [6.45, 7) is 7.82. The van der Waals surface area contributed by atoms with Crippen LogP contribution in [0.3, 0.4) is 0 Å². The SMILES string of the molecule is CN=C(NCC1CN(C)CCN1C)NC1CCCN(c2cc(C)ccc2F)C1. The summed E-state index contributed by atoms with van der Waals surface area (Å²) < 4.78 is 14.3. The summed E-state index contributed by atoms with van der Waals surface area (Å²) in [5.41, 5.74) is 1.80. The third-order valence-electron chi connectivity index (χ3n) is 5.91. The van der Waals surface area contributed by atoms with E-state index >= 15 is 0 Å². The highest BCUT2D eigenvalue weighted by molar-refractivity contribution is 5.80. The van der Waals surface area contributed by atoms with Crippen molar-refractivity contribution in [1.82, 2.24) is 20.4 Å². The van der Waals surface area contributed by atoms with Gasteiger partial charge in [0.1, 0.15) is 5.82 Å². The van der Waals surface area contributed by atoms with Gasteiger partial charge in [0.05, 0.1) is 5.69 Å². The topological polar surface area (TPSA) is 46.1 Å². The lowest BCUT2D eigenvalue weighted by Gasteiger charge is -2.38. The van der Waals surface area contributed by atoms with Crippen LogP contribution in [0.4, 0.5) is 10.1 Å². The van der Waals surface area contributed by atoms with Crippen LogP contribution in [0.5, 0.6) is 0 Å². The summed E-state index contributed by atoms with van der Waals surface area (Å²) >= 11 is 0. The van der Waals surface area contributed by atoms with Gasteiger partial charge in [0, 0.05) is 58.4 Å². The second-order valence-electron chi connectivity index (χ2n) is 8.23. The van der Waals surface area contributed by atoms with Gasteiger partial charge in [-0.3, -0.25) is 9.89 Å². The zero-order valence-electron chi connectivity index (χ0n) is 17.7. The number of aliphatic imine (C=N–C) groups is 1. The molecule has 2 atom stereocenters. The predicted molar refractivity (Wildman–Crippen MR) is 115 cm³/mol. The summed E-state index contributed by atoms with van der Waals surface area (Å²) in [6, 6.07) is 6.07. The van der Waals surface area contributed by atoms with Gasteiger partial charge in [-0.25, -0.2) is 4.39 Å². The van der Waals surface area contributed by atoms with E-state index in [-0.39, 0.29) is 11.9 Å². The van der Waals surface area contributed by atoms with Crippen LogP contribution in [0, 0.1) is 12.7 Å². The molecule has 0 radical (unpaired) electrons. The molecular formula is C21H35FN6. The van der Waals surface area contributed by atoms with Gasteiger partial charge in [0.15, 0.2) is 5.96 Å². The van der Waals surface area contributed by atoms with Crippen LogP contribution in [-0.4, -0.2) is 88.3 Å². The Balaban J connectivity index is 1.55. The van der Waals surface area contributed by atoms with Gasteiger partial charge < -0.3 is 20.4 Å². The molecule has 1 aromatic rings. The van der Waals surface area contributed by atoms with Crippen molar-refractivity contribution >= 4 is 11.6 Å². The molecule has 0 bridgehead atoms. The maximum absolute atomic E-state index is 14.3. The van der Waals surface area contributed by atoms with Crippen LogP contribution < -0.4 is 15.5 Å². The number of rotatable bonds is 4. The van der Waals surface area contributed by atoms with E-state index in [0.717, 1.165) is 63.6 Å². The minimum absolute atomic E-state index is 0.141. The average Bonchev–Trinajstić information content (AvgIpc) is 2.69. The summed E-state index contributed by atoms with van der Waals surface area (Å²) in [5.74, 6) is 0.691. The van der Waals surface area contributed by atoms with Crippen molar-refractivity contribution in [2.45, 2.75) is 31.8 Å². The average molecular weight is 391 g/mol. The fourth-order valence-corrected chi connectivity index (χ4v) is 4.10. The number of nitrogens with one attached hydrogen (secondary N) is 2. The Morgan fingerprint density at radius 3 is 2.82 bits per heavy atom. The maximum Gasteiger partial charge on any atom is 0.191 e. The number of nitrogens with zero attached hydrogens (tertiary/aromatic N) is 4. The standard InChI is InChI=1S/C21H35FN6/c1-16-7-8-19(22)20(12-16)28-9-5-6-17(14-28)25-21(23-2)24-13-18-15-26(3)10-11-27(18)4/h7-8,12,17-18H,5-6,9-11,13-15H2,1-4H3,(H2,23,24,25). The minimum Gasteiger partial charge on any atom is -0.367 e. The third-order valence-corrected chi connectivity index (χ3v) is 5.91. The second kappa shape index (κ2) is 9.56. The lowest BCUT2D eigenvalue weighted by Crippen LogP contribution is -2.57. The largest absolute Gasteiger partial charge is 0.367 e. The van der Waals surface area contributed by atoms with E-state index in [0.29, 0.717) is 11.7 Å². The van der Waals surface area contributed by atoms with Gasteiger partial charge in [-0.1, -0.05) is 6.07 Å². The molecular weight excluding hydrogens is 355 g/mol. The summed E-state index contributed by atoms with van der Waals surface area (Å²) in [4.78, 5) is 11.3. The van der Waals surface area contributed by atoms with E-state index in [9.17, 15) is 4.39 Å². The van der Waals surface area contributed by atoms with Crippen LogP contribution in [0.1, 0.15) is 18.4 Å². The van der Waals surface area contributed by atoms with Gasteiger partial charge in [-0.2, -0.15) is 0 Å². The normalized spacial score (nSPS) is 25.0. The Hall–Kier alpha value is -1.86. The number of piperazine rings is 1. The third kappa shape index (κ3) is 5.35. The number of piperidine rings is 1. The molecule has 2 saturated heterocycles. The van der Waals surface area contributed by atoms with Crippen LogP contribution in [0.25, 0.3) is 0 Å². The summed E-state index contributed by atoms with van der Waals surface area (Å²) in [7, 11) is 6.17. The molecule has 2 fully saturated rings. The molecule has 7 heteroatoms. The molecule has 0 aliphatic carbocycles. The summed E-state index contributed by atoms with van der Waals surface area (Å²) in [6.07, 6.45) is 2.11. The van der Waals surface area contributed by atoms with Crippen LogP contribution >= 0.6 is 0 Å². The van der Waals surface area contributed by atoms with Crippen molar-refractivity contribution in [2.75, 3.05) is 65.3 Å². The van der Waals surface area contributed by atoms with Crippen LogP contribution in [0.2, 0.25) is 0 Å². The Morgan fingerprint density at radius 2 is 2.04 bits per heavy atom. The quantitative estimate of drug-likeness (QED) is 0.603. The molecule has 0 spiro atoms. The number of hydrogen-bond acceptors (Lipinski definition) is 4. The maximum atomic E-state index is 14.3. The molecule has 2 heterocycles. The van der Waals surface area contributed by atoms with Crippen LogP contribution in [0.15, 0.2) is 23.2 Å². The van der Waals surface area contributed by atoms with Crippen molar-refractivity contribution in [3.05, 3.63) is 29.6 Å². The fourth-order valence-electron chi connectivity index (χ4n) is 4.10. The molecule has 2 aliphatic heterocycles. The first kappa shape index (κ1) is 20.9. The highest BCUT2D eigenvalue weighted by atomic mass is 19.1. The minimum atomic E-state index is -0.141. The number of guanidine groups is 1. The fraction of sp³-hybridized carbons (Fsp3) is 0.667. The first-order valence-electron chi connectivity index (χ1n) is 10.3. The van der Waals surface area contributed by atoms with Gasteiger partial charge in [-0.15, -0.1) is 0 Å². The first-order chi connectivity index (χ1) is 13.5. The van der Waals surface area contributed by atoms with E-state index in [4.69, 9.17) is 0 Å². The number of anilines is 1. The smallest absolute Gasteiger partial charge is 0.191 e. The zero-order chi connectivity index (χ0) is 20.1. The van der Waals surface area contributed by atoms with Crippen molar-refractivity contribution in [1.29, 1.82) is 0 Å². The Kier molecular flexibility index (Phi) is 7.13. The molecule has 2 aliphatic rings. The zero-order valence-corrected chi connectivity index (χ0v) is 17.7. The first-order valence-corrected chi connectivity index (χ1v) is 10.3. The molecule has 6 nitrogen and oxygen atoms in total. The number of hydrogen-bond donors (Lipinski definition) is 2. The van der Waals surface area contributed by atoms with Crippen molar-refractivity contribution in [3.8, 4) is 0 Å². The van der Waals surface area contributed by atoms with Crippen LogP contribution in [-0.2, 0) is 0 Å². The lowest BCUT2D eigenvalue weighted by atomic mass is 10.0. The monoisotopic (exact) mass is 390 g/mol. The molecule has 0 amide bonds. The lowest BCUT2D eigenvalue weighted by molar-refractivity contribution is 0.116. The van der Waals surface area contributed by atoms with Gasteiger partial charge in [0.2, 0.25) is 0 Å². The highest BCUT2D eigenvalue weighted by Crippen LogP contribution is 2.24. The van der Waals surface area contributed by atoms with Crippen molar-refractivity contribution in [2.24, 2.45) is 4.99 Å². The molecule has 0 saturated carbocycles. The van der Waals surface area contributed by atoms with E-state index in [2.05, 4.69) is 44.4 Å². The van der Waals surface area contributed by atoms with E-state index in [1.54, 1.807) is 6.07 Å². The molecule has 156 valence electrons. The van der Waals surface area contributed by atoms with Gasteiger partial charge >= 0.3 is 0 Å². The Bertz CT molecular complexity index is 679. The highest BCUT2D eigenvalue weighted by Gasteiger charge is 2.25. The van der Waals surface area contributed by atoms with E-state index in [1.165, 1.54) is 0 Å². The number of likely N-dealkylation sites (N-methyl/N-ethyl adjacent to an activating group) is 2. The Morgan fingerprint density at radius 1 is 1.21 bits per heavy atom. The van der Waals surface area contributed by atoms with E-state index < -0.39 is 0 Å². The molecule has 0 aromatic heterocycles. The number of benzene rings is 1. The molecule has 2 unspecified atom stereocenters.